The summed E-state index contributed by atoms with van der Waals surface area (Å²) < 4.78 is 23.9. The lowest BCUT2D eigenvalue weighted by atomic mass is 10.00. The Kier molecular flexibility index (Phi) is 4.73. The number of fused-ring (bicyclic) bond motifs is 1. The van der Waals surface area contributed by atoms with Crippen LogP contribution in [0.3, 0.4) is 0 Å². The van der Waals surface area contributed by atoms with E-state index in [4.69, 9.17) is 0 Å². The highest BCUT2D eigenvalue weighted by molar-refractivity contribution is 7.90. The first-order valence-electron chi connectivity index (χ1n) is 9.72. The second-order valence-electron chi connectivity index (χ2n) is 7.96. The molecule has 0 spiro atoms. The fraction of sp³-hybridized carbons (Fsp3) is 0.364. The number of carbonyl (C=O) groups excluding carboxylic acids is 2. The number of carbonyl (C=O) groups is 2. The smallest absolute Gasteiger partial charge is 0.230 e. The maximum atomic E-state index is 12.9. The molecule has 0 bridgehead atoms. The van der Waals surface area contributed by atoms with Crippen LogP contribution in [0.1, 0.15) is 26.7 Å². The van der Waals surface area contributed by atoms with Crippen molar-refractivity contribution in [2.75, 3.05) is 22.6 Å². The van der Waals surface area contributed by atoms with Crippen LogP contribution in [0.2, 0.25) is 0 Å². The molecule has 2 aromatic rings. The van der Waals surface area contributed by atoms with E-state index < -0.39 is 9.84 Å². The molecule has 1 aliphatic heterocycles. The lowest BCUT2D eigenvalue weighted by Crippen LogP contribution is -2.51. The van der Waals surface area contributed by atoms with Crippen molar-refractivity contribution in [3.63, 3.8) is 0 Å². The number of sulfone groups is 1. The van der Waals surface area contributed by atoms with Crippen LogP contribution in [0, 0.1) is 5.92 Å². The van der Waals surface area contributed by atoms with Crippen molar-refractivity contribution in [2.45, 2.75) is 37.6 Å². The quantitative estimate of drug-likeness (QED) is 0.776. The van der Waals surface area contributed by atoms with E-state index >= 15 is 0 Å². The Labute approximate surface area is 171 Å². The van der Waals surface area contributed by atoms with Crippen LogP contribution in [0.15, 0.2) is 47.4 Å². The Morgan fingerprint density at radius 2 is 1.69 bits per heavy atom. The molecule has 7 heteroatoms. The summed E-state index contributed by atoms with van der Waals surface area (Å²) in [6.45, 7) is 3.93. The van der Waals surface area contributed by atoms with Crippen LogP contribution in [-0.2, 0) is 19.4 Å². The summed E-state index contributed by atoms with van der Waals surface area (Å²) in [4.78, 5) is 28.9. The van der Waals surface area contributed by atoms with Crippen LogP contribution in [0.4, 0.5) is 11.4 Å². The van der Waals surface area contributed by atoms with Crippen molar-refractivity contribution >= 4 is 33.0 Å². The van der Waals surface area contributed by atoms with Gasteiger partial charge in [-0.3, -0.25) is 9.59 Å². The van der Waals surface area contributed by atoms with Crippen molar-refractivity contribution in [3.05, 3.63) is 42.5 Å². The maximum Gasteiger partial charge on any atom is 0.230 e. The van der Waals surface area contributed by atoms with Gasteiger partial charge in [-0.15, -0.1) is 0 Å². The summed E-state index contributed by atoms with van der Waals surface area (Å²) in [6, 6.07) is 12.3. The molecule has 0 unspecified atom stereocenters. The topological polar surface area (TPSA) is 74.8 Å². The molecule has 2 amide bonds. The number of hydrogen-bond donors (Lipinski definition) is 0. The minimum atomic E-state index is -3.32. The van der Waals surface area contributed by atoms with Crippen molar-refractivity contribution in [3.8, 4) is 11.1 Å². The summed E-state index contributed by atoms with van der Waals surface area (Å²) >= 11 is 0. The Balaban J connectivity index is 1.83. The minimum Gasteiger partial charge on any atom is -0.308 e. The predicted octanol–water partition coefficient (Wildman–Crippen LogP) is 3.26. The number of rotatable bonds is 3. The SMILES string of the molecule is CC(=O)N1c2ccc(-c3cccc(S(C)(=O)=O)c3)cc2N(C(=O)C2CC2)C[C@@H]1C. The van der Waals surface area contributed by atoms with E-state index in [0.717, 1.165) is 24.0 Å². The molecule has 1 fully saturated rings. The average molecular weight is 413 g/mol. The Bertz CT molecular complexity index is 1110. The molecule has 1 aliphatic carbocycles. The zero-order valence-electron chi connectivity index (χ0n) is 16.8. The third-order valence-corrected chi connectivity index (χ3v) is 6.65. The lowest BCUT2D eigenvalue weighted by molar-refractivity contribution is -0.120. The van der Waals surface area contributed by atoms with E-state index in [2.05, 4.69) is 0 Å². The zero-order valence-corrected chi connectivity index (χ0v) is 17.6. The van der Waals surface area contributed by atoms with Gasteiger partial charge in [0.15, 0.2) is 9.84 Å². The molecule has 0 aromatic heterocycles. The highest BCUT2D eigenvalue weighted by Gasteiger charge is 2.39. The van der Waals surface area contributed by atoms with E-state index in [1.54, 1.807) is 28.0 Å². The molecule has 0 N–H and O–H groups in total. The number of benzene rings is 2. The summed E-state index contributed by atoms with van der Waals surface area (Å²) in [5.74, 6) is 0.101. The van der Waals surface area contributed by atoms with Gasteiger partial charge in [0, 0.05) is 25.6 Å². The van der Waals surface area contributed by atoms with Gasteiger partial charge in [-0.25, -0.2) is 8.42 Å². The molecular formula is C22H24N2O4S. The van der Waals surface area contributed by atoms with Gasteiger partial charge >= 0.3 is 0 Å². The van der Waals surface area contributed by atoms with Gasteiger partial charge in [-0.1, -0.05) is 18.2 Å². The number of hydrogen-bond acceptors (Lipinski definition) is 4. The normalized spacial score (nSPS) is 19.1. The molecule has 1 saturated carbocycles. The van der Waals surface area contributed by atoms with E-state index in [9.17, 15) is 18.0 Å². The predicted molar refractivity (Wildman–Crippen MR) is 113 cm³/mol. The first-order valence-corrected chi connectivity index (χ1v) is 11.6. The largest absolute Gasteiger partial charge is 0.308 e. The van der Waals surface area contributed by atoms with E-state index in [0.29, 0.717) is 17.9 Å². The molecule has 152 valence electrons. The zero-order chi connectivity index (χ0) is 20.9. The number of anilines is 2. The van der Waals surface area contributed by atoms with Crippen molar-refractivity contribution < 1.29 is 18.0 Å². The highest BCUT2D eigenvalue weighted by Crippen LogP contribution is 2.42. The number of nitrogens with zero attached hydrogens (tertiary/aromatic N) is 2. The first-order chi connectivity index (χ1) is 13.7. The van der Waals surface area contributed by atoms with Gasteiger partial charge < -0.3 is 9.80 Å². The van der Waals surface area contributed by atoms with Gasteiger partial charge in [0.25, 0.3) is 0 Å². The van der Waals surface area contributed by atoms with Crippen LogP contribution in [-0.4, -0.2) is 39.1 Å². The third-order valence-electron chi connectivity index (χ3n) is 5.54. The second kappa shape index (κ2) is 6.99. The molecule has 2 aliphatic rings. The molecule has 6 nitrogen and oxygen atoms in total. The van der Waals surface area contributed by atoms with E-state index in [1.807, 2.05) is 31.2 Å². The van der Waals surface area contributed by atoms with Crippen molar-refractivity contribution in [2.24, 2.45) is 5.92 Å². The van der Waals surface area contributed by atoms with Crippen molar-refractivity contribution in [1.29, 1.82) is 0 Å². The second-order valence-corrected chi connectivity index (χ2v) is 9.98. The van der Waals surface area contributed by atoms with Gasteiger partial charge in [-0.2, -0.15) is 0 Å². The van der Waals surface area contributed by atoms with Crippen LogP contribution < -0.4 is 9.80 Å². The van der Waals surface area contributed by atoms with E-state index in [1.165, 1.54) is 13.2 Å². The molecular weight excluding hydrogens is 388 g/mol. The minimum absolute atomic E-state index is 0.0657. The Hall–Kier alpha value is -2.67. The Morgan fingerprint density at radius 3 is 2.31 bits per heavy atom. The maximum absolute atomic E-state index is 12.9. The summed E-state index contributed by atoms with van der Waals surface area (Å²) in [6.07, 6.45) is 3.00. The first kappa shape index (κ1) is 19.6. The molecule has 2 aromatic carbocycles. The van der Waals surface area contributed by atoms with Gasteiger partial charge in [0.1, 0.15) is 0 Å². The van der Waals surface area contributed by atoms with E-state index in [-0.39, 0.29) is 28.7 Å². The van der Waals surface area contributed by atoms with Crippen LogP contribution >= 0.6 is 0 Å². The molecule has 0 saturated heterocycles. The molecule has 1 heterocycles. The van der Waals surface area contributed by atoms with Gasteiger partial charge in [0.05, 0.1) is 22.3 Å². The fourth-order valence-electron chi connectivity index (χ4n) is 3.95. The Morgan fingerprint density at radius 1 is 1.00 bits per heavy atom. The summed E-state index contributed by atoms with van der Waals surface area (Å²) in [5, 5.41) is 0. The monoisotopic (exact) mass is 412 g/mol. The molecule has 4 rings (SSSR count). The summed E-state index contributed by atoms with van der Waals surface area (Å²) in [7, 11) is -3.32. The summed E-state index contributed by atoms with van der Waals surface area (Å²) in [5.41, 5.74) is 2.98. The number of amides is 2. The standard InChI is InChI=1S/C22H24N2O4S/c1-14-13-23(22(26)16-7-8-16)21-12-18(9-10-20(21)24(14)15(2)25)17-5-4-6-19(11-17)29(3,27)28/h4-6,9-12,14,16H,7-8,13H2,1-3H3/t14-/m0/s1. The van der Waals surface area contributed by atoms with Crippen LogP contribution in [0.25, 0.3) is 11.1 Å². The van der Waals surface area contributed by atoms with Crippen LogP contribution in [0.5, 0.6) is 0 Å². The lowest BCUT2D eigenvalue weighted by Gasteiger charge is -2.41. The molecule has 1 atom stereocenters. The van der Waals surface area contributed by atoms with Crippen molar-refractivity contribution in [1.82, 2.24) is 0 Å². The highest BCUT2D eigenvalue weighted by atomic mass is 32.2. The molecule has 29 heavy (non-hydrogen) atoms. The fourth-order valence-corrected chi connectivity index (χ4v) is 4.62. The third kappa shape index (κ3) is 3.67. The van der Waals surface area contributed by atoms with Gasteiger partial charge in [-0.05, 0) is 55.2 Å². The molecule has 0 radical (unpaired) electrons. The average Bonchev–Trinajstić information content (AvgIpc) is 3.51. The van der Waals surface area contributed by atoms with Gasteiger partial charge in [0.2, 0.25) is 11.8 Å².